The highest BCUT2D eigenvalue weighted by Gasteiger charge is 2.34. The van der Waals surface area contributed by atoms with Crippen LogP contribution in [0.3, 0.4) is 0 Å². The summed E-state index contributed by atoms with van der Waals surface area (Å²) in [6.07, 6.45) is 5.38. The summed E-state index contributed by atoms with van der Waals surface area (Å²) in [4.78, 5) is 2.56. The lowest BCUT2D eigenvalue weighted by Gasteiger charge is -2.41. The van der Waals surface area contributed by atoms with E-state index in [4.69, 9.17) is 9.47 Å². The van der Waals surface area contributed by atoms with Gasteiger partial charge in [-0.05, 0) is 39.3 Å². The molecule has 0 radical (unpaired) electrons. The molecule has 0 amide bonds. The Morgan fingerprint density at radius 2 is 2.21 bits per heavy atom. The zero-order chi connectivity index (χ0) is 13.6. The standard InChI is InChI=1S/C15H30N2O2/c1-3-17(10-14-6-4-9-19-14)12-15(11-16-2)7-5-8-18-13-15/h14,16H,3-13H2,1-2H3. The van der Waals surface area contributed by atoms with Gasteiger partial charge in [0.05, 0.1) is 12.7 Å². The van der Waals surface area contributed by atoms with E-state index < -0.39 is 0 Å². The van der Waals surface area contributed by atoms with Gasteiger partial charge in [0.25, 0.3) is 0 Å². The molecule has 19 heavy (non-hydrogen) atoms. The Balaban J connectivity index is 1.89. The van der Waals surface area contributed by atoms with E-state index in [0.29, 0.717) is 11.5 Å². The van der Waals surface area contributed by atoms with Crippen LogP contribution in [0.4, 0.5) is 0 Å². The van der Waals surface area contributed by atoms with Crippen molar-refractivity contribution in [1.29, 1.82) is 0 Å². The lowest BCUT2D eigenvalue weighted by atomic mass is 9.81. The molecule has 0 bridgehead atoms. The van der Waals surface area contributed by atoms with Crippen LogP contribution in [0.5, 0.6) is 0 Å². The van der Waals surface area contributed by atoms with Gasteiger partial charge in [0, 0.05) is 38.3 Å². The molecule has 2 rings (SSSR count). The second-order valence-electron chi connectivity index (χ2n) is 6.15. The van der Waals surface area contributed by atoms with E-state index in [2.05, 4.69) is 17.1 Å². The fraction of sp³-hybridized carbons (Fsp3) is 1.00. The van der Waals surface area contributed by atoms with E-state index in [-0.39, 0.29) is 0 Å². The molecule has 1 N–H and O–H groups in total. The molecule has 112 valence electrons. The maximum atomic E-state index is 5.78. The number of nitrogens with one attached hydrogen (secondary N) is 1. The maximum Gasteiger partial charge on any atom is 0.0702 e. The van der Waals surface area contributed by atoms with E-state index in [9.17, 15) is 0 Å². The third-order valence-corrected chi connectivity index (χ3v) is 4.45. The predicted molar refractivity (Wildman–Crippen MR) is 77.5 cm³/mol. The second kappa shape index (κ2) is 7.58. The van der Waals surface area contributed by atoms with Gasteiger partial charge in [-0.1, -0.05) is 6.92 Å². The number of ether oxygens (including phenoxy) is 2. The van der Waals surface area contributed by atoms with E-state index in [1.807, 2.05) is 7.05 Å². The topological polar surface area (TPSA) is 33.7 Å². The Kier molecular flexibility index (Phi) is 6.07. The zero-order valence-corrected chi connectivity index (χ0v) is 12.6. The highest BCUT2D eigenvalue weighted by Crippen LogP contribution is 2.29. The van der Waals surface area contributed by atoms with Crippen LogP contribution in [0.25, 0.3) is 0 Å². The highest BCUT2D eigenvalue weighted by molar-refractivity contribution is 4.87. The normalized spacial score (nSPS) is 32.1. The SMILES string of the molecule is CCN(CC1CCCO1)CC1(CNC)CCCOC1. The third-order valence-electron chi connectivity index (χ3n) is 4.45. The van der Waals surface area contributed by atoms with Gasteiger partial charge < -0.3 is 19.7 Å². The highest BCUT2D eigenvalue weighted by atomic mass is 16.5. The predicted octanol–water partition coefficient (Wildman–Crippen LogP) is 1.50. The molecule has 2 aliphatic rings. The van der Waals surface area contributed by atoms with Gasteiger partial charge >= 0.3 is 0 Å². The van der Waals surface area contributed by atoms with E-state index in [0.717, 1.165) is 46.0 Å². The van der Waals surface area contributed by atoms with Crippen molar-refractivity contribution in [2.45, 2.75) is 38.7 Å². The van der Waals surface area contributed by atoms with Gasteiger partial charge in [-0.15, -0.1) is 0 Å². The number of likely N-dealkylation sites (N-methyl/N-ethyl adjacent to an activating group) is 1. The zero-order valence-electron chi connectivity index (χ0n) is 12.6. The van der Waals surface area contributed by atoms with Gasteiger partial charge in [0.15, 0.2) is 0 Å². The smallest absolute Gasteiger partial charge is 0.0702 e. The average Bonchev–Trinajstić information content (AvgIpc) is 2.92. The first-order valence-corrected chi connectivity index (χ1v) is 7.84. The first-order valence-electron chi connectivity index (χ1n) is 7.84. The molecule has 4 nitrogen and oxygen atoms in total. The van der Waals surface area contributed by atoms with Crippen molar-refractivity contribution in [3.8, 4) is 0 Å². The molecule has 2 unspecified atom stereocenters. The van der Waals surface area contributed by atoms with Crippen molar-refractivity contribution in [2.75, 3.05) is 53.0 Å². The van der Waals surface area contributed by atoms with Crippen molar-refractivity contribution in [2.24, 2.45) is 5.41 Å². The van der Waals surface area contributed by atoms with Gasteiger partial charge in [-0.2, -0.15) is 0 Å². The summed E-state index contributed by atoms with van der Waals surface area (Å²) >= 11 is 0. The number of hydrogen-bond donors (Lipinski definition) is 1. The van der Waals surface area contributed by atoms with Crippen molar-refractivity contribution in [1.82, 2.24) is 10.2 Å². The Labute approximate surface area is 117 Å². The molecular formula is C15H30N2O2. The van der Waals surface area contributed by atoms with Gasteiger partial charge in [-0.3, -0.25) is 0 Å². The van der Waals surface area contributed by atoms with Gasteiger partial charge in [0.2, 0.25) is 0 Å². The van der Waals surface area contributed by atoms with Crippen molar-refractivity contribution in [3.05, 3.63) is 0 Å². The molecule has 2 fully saturated rings. The summed E-state index contributed by atoms with van der Waals surface area (Å²) in [7, 11) is 2.05. The molecule has 2 saturated heterocycles. The molecule has 2 heterocycles. The number of rotatable bonds is 7. The van der Waals surface area contributed by atoms with Crippen molar-refractivity contribution >= 4 is 0 Å². The molecule has 0 saturated carbocycles. The second-order valence-corrected chi connectivity index (χ2v) is 6.15. The van der Waals surface area contributed by atoms with E-state index in [1.165, 1.54) is 25.7 Å². The van der Waals surface area contributed by atoms with Crippen molar-refractivity contribution in [3.63, 3.8) is 0 Å². The van der Waals surface area contributed by atoms with Crippen LogP contribution in [0.1, 0.15) is 32.6 Å². The van der Waals surface area contributed by atoms with Crippen LogP contribution in [0.15, 0.2) is 0 Å². The summed E-state index contributed by atoms with van der Waals surface area (Å²) in [5, 5.41) is 3.36. The lowest BCUT2D eigenvalue weighted by molar-refractivity contribution is -0.0318. The average molecular weight is 270 g/mol. The lowest BCUT2D eigenvalue weighted by Crippen LogP contribution is -2.49. The number of nitrogens with zero attached hydrogens (tertiary/aromatic N) is 1. The molecule has 0 aromatic heterocycles. The molecule has 4 heteroatoms. The Bertz CT molecular complexity index is 243. The molecule has 2 aliphatic heterocycles. The third kappa shape index (κ3) is 4.42. The quantitative estimate of drug-likeness (QED) is 0.760. The molecule has 0 aromatic carbocycles. The van der Waals surface area contributed by atoms with Gasteiger partial charge in [0.1, 0.15) is 0 Å². The van der Waals surface area contributed by atoms with E-state index in [1.54, 1.807) is 0 Å². The largest absolute Gasteiger partial charge is 0.381 e. The minimum atomic E-state index is 0.293. The fourth-order valence-electron chi connectivity index (χ4n) is 3.46. The minimum Gasteiger partial charge on any atom is -0.381 e. The Morgan fingerprint density at radius 1 is 1.32 bits per heavy atom. The fourth-order valence-corrected chi connectivity index (χ4v) is 3.46. The molecule has 0 aromatic rings. The molecule has 0 aliphatic carbocycles. The Morgan fingerprint density at radius 3 is 2.79 bits per heavy atom. The first-order chi connectivity index (χ1) is 9.28. The summed E-state index contributed by atoms with van der Waals surface area (Å²) in [6.45, 7) is 9.41. The first kappa shape index (κ1) is 15.2. The van der Waals surface area contributed by atoms with Crippen LogP contribution in [-0.4, -0.2) is 64.1 Å². The summed E-state index contributed by atoms with van der Waals surface area (Å²) in [5.41, 5.74) is 0.293. The maximum absolute atomic E-state index is 5.78. The minimum absolute atomic E-state index is 0.293. The summed E-state index contributed by atoms with van der Waals surface area (Å²) in [6, 6.07) is 0. The van der Waals surface area contributed by atoms with Gasteiger partial charge in [-0.25, -0.2) is 0 Å². The van der Waals surface area contributed by atoms with Crippen LogP contribution in [0.2, 0.25) is 0 Å². The monoisotopic (exact) mass is 270 g/mol. The molecular weight excluding hydrogens is 240 g/mol. The van der Waals surface area contributed by atoms with Crippen LogP contribution in [-0.2, 0) is 9.47 Å². The van der Waals surface area contributed by atoms with Crippen LogP contribution >= 0.6 is 0 Å². The van der Waals surface area contributed by atoms with Crippen LogP contribution in [0, 0.1) is 5.41 Å². The number of hydrogen-bond acceptors (Lipinski definition) is 4. The van der Waals surface area contributed by atoms with E-state index >= 15 is 0 Å². The Hall–Kier alpha value is -0.160. The van der Waals surface area contributed by atoms with Crippen molar-refractivity contribution < 1.29 is 9.47 Å². The molecule has 0 spiro atoms. The summed E-state index contributed by atoms with van der Waals surface area (Å²) in [5.74, 6) is 0. The van der Waals surface area contributed by atoms with Crippen LogP contribution < -0.4 is 5.32 Å². The molecule has 2 atom stereocenters. The summed E-state index contributed by atoms with van der Waals surface area (Å²) < 4.78 is 11.5.